The fourth-order valence-electron chi connectivity index (χ4n) is 2.53. The van der Waals surface area contributed by atoms with Crippen LogP contribution in [0.1, 0.15) is 31.2 Å². The summed E-state index contributed by atoms with van der Waals surface area (Å²) in [5.41, 5.74) is 2.53. The van der Waals surface area contributed by atoms with E-state index in [2.05, 4.69) is 29.6 Å². The van der Waals surface area contributed by atoms with Crippen LogP contribution in [0.15, 0.2) is 24.3 Å². The molecular weight excluding hydrogens is 226 g/mol. The van der Waals surface area contributed by atoms with Gasteiger partial charge in [0.15, 0.2) is 0 Å². The second kappa shape index (κ2) is 6.76. The summed E-state index contributed by atoms with van der Waals surface area (Å²) in [4.78, 5) is 0. The first-order chi connectivity index (χ1) is 8.79. The maximum atomic E-state index is 9.52. The molecule has 1 aromatic rings. The van der Waals surface area contributed by atoms with Crippen LogP contribution in [0.5, 0.6) is 0 Å². The average Bonchev–Trinajstić information content (AvgIpc) is 2.40. The second-order valence-corrected chi connectivity index (χ2v) is 5.05. The summed E-state index contributed by atoms with van der Waals surface area (Å²) in [5, 5.41) is 13.1. The van der Waals surface area contributed by atoms with Gasteiger partial charge in [-0.05, 0) is 43.7 Å². The maximum Gasteiger partial charge on any atom is 0.0541 e. The number of ether oxygens (including phenoxy) is 1. The Kier molecular flexibility index (Phi) is 5.02. The number of methoxy groups -OCH3 is 1. The van der Waals surface area contributed by atoms with E-state index in [4.69, 9.17) is 4.74 Å². The Bertz CT molecular complexity index is 359. The lowest BCUT2D eigenvalue weighted by atomic mass is 9.92. The molecule has 3 heteroatoms. The highest BCUT2D eigenvalue weighted by atomic mass is 16.5. The van der Waals surface area contributed by atoms with E-state index in [0.29, 0.717) is 6.04 Å². The molecule has 0 bridgehead atoms. The molecule has 1 saturated carbocycles. The third kappa shape index (κ3) is 3.72. The molecule has 0 atom stereocenters. The zero-order chi connectivity index (χ0) is 12.8. The largest absolute Gasteiger partial charge is 0.393 e. The molecule has 0 heterocycles. The Morgan fingerprint density at radius 1 is 1.22 bits per heavy atom. The lowest BCUT2D eigenvalue weighted by molar-refractivity contribution is 0.126. The van der Waals surface area contributed by atoms with Gasteiger partial charge in [0.05, 0.1) is 12.7 Å². The van der Waals surface area contributed by atoms with Gasteiger partial charge in [0, 0.05) is 18.8 Å². The molecule has 2 N–H and O–H groups in total. The van der Waals surface area contributed by atoms with Crippen molar-refractivity contribution in [2.24, 2.45) is 0 Å². The van der Waals surface area contributed by atoms with E-state index in [0.717, 1.165) is 38.7 Å². The highest BCUT2D eigenvalue weighted by molar-refractivity contribution is 5.52. The molecule has 1 aliphatic carbocycles. The van der Waals surface area contributed by atoms with Crippen molar-refractivity contribution in [1.82, 2.24) is 0 Å². The SMILES string of the molecule is COCCc1ccccc1NC1CCC(O)CC1. The first-order valence-electron chi connectivity index (χ1n) is 6.81. The van der Waals surface area contributed by atoms with E-state index in [9.17, 15) is 5.11 Å². The van der Waals surface area contributed by atoms with E-state index in [1.807, 2.05) is 0 Å². The Morgan fingerprint density at radius 2 is 1.94 bits per heavy atom. The van der Waals surface area contributed by atoms with Gasteiger partial charge >= 0.3 is 0 Å². The molecule has 0 amide bonds. The predicted octanol–water partition coefficient (Wildman–Crippen LogP) is 2.59. The van der Waals surface area contributed by atoms with Gasteiger partial charge in [-0.15, -0.1) is 0 Å². The van der Waals surface area contributed by atoms with Crippen molar-refractivity contribution in [2.75, 3.05) is 19.0 Å². The number of aliphatic hydroxyl groups excluding tert-OH is 1. The van der Waals surface area contributed by atoms with Gasteiger partial charge in [-0.3, -0.25) is 0 Å². The molecule has 1 aromatic carbocycles. The van der Waals surface area contributed by atoms with Gasteiger partial charge in [0.25, 0.3) is 0 Å². The molecule has 0 aromatic heterocycles. The maximum absolute atomic E-state index is 9.52. The van der Waals surface area contributed by atoms with Gasteiger partial charge < -0.3 is 15.2 Å². The van der Waals surface area contributed by atoms with E-state index in [-0.39, 0.29) is 6.10 Å². The monoisotopic (exact) mass is 249 g/mol. The van der Waals surface area contributed by atoms with Crippen LogP contribution in [0.2, 0.25) is 0 Å². The minimum absolute atomic E-state index is 0.0909. The number of benzene rings is 1. The van der Waals surface area contributed by atoms with Gasteiger partial charge in [-0.25, -0.2) is 0 Å². The first-order valence-corrected chi connectivity index (χ1v) is 6.81. The number of aliphatic hydroxyl groups is 1. The molecule has 18 heavy (non-hydrogen) atoms. The molecule has 0 unspecified atom stereocenters. The van der Waals surface area contributed by atoms with Crippen LogP contribution in [0.3, 0.4) is 0 Å². The molecule has 0 saturated heterocycles. The first kappa shape index (κ1) is 13.4. The molecule has 1 aliphatic rings. The number of nitrogens with one attached hydrogen (secondary N) is 1. The van der Waals surface area contributed by atoms with Gasteiger partial charge in [0.1, 0.15) is 0 Å². The summed E-state index contributed by atoms with van der Waals surface area (Å²) < 4.78 is 5.14. The summed E-state index contributed by atoms with van der Waals surface area (Å²) in [6.45, 7) is 0.752. The molecular formula is C15H23NO2. The number of hydrogen-bond acceptors (Lipinski definition) is 3. The summed E-state index contributed by atoms with van der Waals surface area (Å²) >= 11 is 0. The van der Waals surface area contributed by atoms with Crippen molar-refractivity contribution in [3.8, 4) is 0 Å². The zero-order valence-corrected chi connectivity index (χ0v) is 11.1. The standard InChI is InChI=1S/C15H23NO2/c1-18-11-10-12-4-2-3-5-15(12)16-13-6-8-14(17)9-7-13/h2-5,13-14,16-17H,6-11H2,1H3. The molecule has 1 fully saturated rings. The van der Waals surface area contributed by atoms with Crippen molar-refractivity contribution < 1.29 is 9.84 Å². The Morgan fingerprint density at radius 3 is 2.67 bits per heavy atom. The van der Waals surface area contributed by atoms with Crippen molar-refractivity contribution in [1.29, 1.82) is 0 Å². The summed E-state index contributed by atoms with van der Waals surface area (Å²) in [5.74, 6) is 0. The molecule has 0 aliphatic heterocycles. The third-order valence-corrected chi connectivity index (χ3v) is 3.65. The topological polar surface area (TPSA) is 41.5 Å². The molecule has 0 radical (unpaired) electrons. The lowest BCUT2D eigenvalue weighted by Crippen LogP contribution is -2.28. The number of para-hydroxylation sites is 1. The van der Waals surface area contributed by atoms with E-state index in [1.54, 1.807) is 7.11 Å². The van der Waals surface area contributed by atoms with Crippen LogP contribution < -0.4 is 5.32 Å². The fraction of sp³-hybridized carbons (Fsp3) is 0.600. The average molecular weight is 249 g/mol. The van der Waals surface area contributed by atoms with Crippen LogP contribution in [-0.2, 0) is 11.2 Å². The third-order valence-electron chi connectivity index (χ3n) is 3.65. The van der Waals surface area contributed by atoms with Crippen molar-refractivity contribution in [2.45, 2.75) is 44.2 Å². The van der Waals surface area contributed by atoms with Crippen molar-refractivity contribution in [3.05, 3.63) is 29.8 Å². The number of rotatable bonds is 5. The fourth-order valence-corrected chi connectivity index (χ4v) is 2.53. The second-order valence-electron chi connectivity index (χ2n) is 5.05. The van der Waals surface area contributed by atoms with Crippen LogP contribution in [0.25, 0.3) is 0 Å². The minimum Gasteiger partial charge on any atom is -0.393 e. The van der Waals surface area contributed by atoms with Crippen LogP contribution >= 0.6 is 0 Å². The Hall–Kier alpha value is -1.06. The van der Waals surface area contributed by atoms with Crippen LogP contribution in [0, 0.1) is 0 Å². The number of anilines is 1. The van der Waals surface area contributed by atoms with Crippen LogP contribution in [0.4, 0.5) is 5.69 Å². The summed E-state index contributed by atoms with van der Waals surface area (Å²) in [7, 11) is 1.73. The highest BCUT2D eigenvalue weighted by Crippen LogP contribution is 2.24. The van der Waals surface area contributed by atoms with E-state index < -0.39 is 0 Å². The lowest BCUT2D eigenvalue weighted by Gasteiger charge is -2.28. The normalized spacial score (nSPS) is 23.9. The quantitative estimate of drug-likeness (QED) is 0.843. The number of hydrogen-bond donors (Lipinski definition) is 2. The Balaban J connectivity index is 1.95. The molecule has 100 valence electrons. The van der Waals surface area contributed by atoms with Crippen LogP contribution in [-0.4, -0.2) is 31.0 Å². The van der Waals surface area contributed by atoms with E-state index >= 15 is 0 Å². The highest BCUT2D eigenvalue weighted by Gasteiger charge is 2.19. The van der Waals surface area contributed by atoms with Gasteiger partial charge in [-0.1, -0.05) is 18.2 Å². The van der Waals surface area contributed by atoms with Crippen molar-refractivity contribution in [3.63, 3.8) is 0 Å². The summed E-state index contributed by atoms with van der Waals surface area (Å²) in [6.07, 6.45) is 4.79. The van der Waals surface area contributed by atoms with Gasteiger partial charge in [0.2, 0.25) is 0 Å². The van der Waals surface area contributed by atoms with Gasteiger partial charge in [-0.2, -0.15) is 0 Å². The molecule has 3 nitrogen and oxygen atoms in total. The van der Waals surface area contributed by atoms with Crippen molar-refractivity contribution >= 4 is 5.69 Å². The predicted molar refractivity (Wildman–Crippen MR) is 73.9 cm³/mol. The summed E-state index contributed by atoms with van der Waals surface area (Å²) in [6, 6.07) is 8.92. The Labute approximate surface area is 109 Å². The smallest absolute Gasteiger partial charge is 0.0541 e. The molecule has 0 spiro atoms. The molecule has 2 rings (SSSR count). The minimum atomic E-state index is -0.0909. The van der Waals surface area contributed by atoms with E-state index in [1.165, 1.54) is 11.3 Å². The zero-order valence-electron chi connectivity index (χ0n) is 11.1.